The van der Waals surface area contributed by atoms with Crippen LogP contribution in [0.3, 0.4) is 0 Å². The first-order valence-corrected chi connectivity index (χ1v) is 7.24. The summed E-state index contributed by atoms with van der Waals surface area (Å²) in [7, 11) is 1.87. The first-order valence-electron chi connectivity index (χ1n) is 7.24. The van der Waals surface area contributed by atoms with Crippen molar-refractivity contribution >= 4 is 5.82 Å². The van der Waals surface area contributed by atoms with E-state index >= 15 is 0 Å². The second kappa shape index (κ2) is 6.12. The van der Waals surface area contributed by atoms with E-state index in [4.69, 9.17) is 9.72 Å². The molecule has 0 aliphatic heterocycles. The van der Waals surface area contributed by atoms with Gasteiger partial charge in [0.25, 0.3) is 0 Å². The van der Waals surface area contributed by atoms with Crippen LogP contribution in [-0.2, 0) is 5.41 Å². The van der Waals surface area contributed by atoms with Gasteiger partial charge in [-0.1, -0.05) is 20.8 Å². The summed E-state index contributed by atoms with van der Waals surface area (Å²) in [6, 6.07) is 9.88. The lowest BCUT2D eigenvalue weighted by molar-refractivity contribution is 0.340. The van der Waals surface area contributed by atoms with Crippen molar-refractivity contribution in [2.75, 3.05) is 19.0 Å². The quantitative estimate of drug-likeness (QED) is 0.926. The fourth-order valence-electron chi connectivity index (χ4n) is 1.96. The van der Waals surface area contributed by atoms with Gasteiger partial charge in [-0.25, -0.2) is 9.97 Å². The van der Waals surface area contributed by atoms with Gasteiger partial charge in [0.1, 0.15) is 11.6 Å². The van der Waals surface area contributed by atoms with Gasteiger partial charge < -0.3 is 10.1 Å². The van der Waals surface area contributed by atoms with Crippen molar-refractivity contribution in [3.63, 3.8) is 0 Å². The Morgan fingerprint density at radius 1 is 1.10 bits per heavy atom. The molecule has 0 aliphatic carbocycles. The minimum absolute atomic E-state index is 0.0193. The van der Waals surface area contributed by atoms with Crippen LogP contribution in [0.25, 0.3) is 11.4 Å². The van der Waals surface area contributed by atoms with Crippen molar-refractivity contribution in [2.24, 2.45) is 0 Å². The number of anilines is 1. The van der Waals surface area contributed by atoms with Gasteiger partial charge in [-0.05, 0) is 31.2 Å². The standard InChI is InChI=1S/C17H23N3O/c1-6-21-13-9-7-12(8-10-13)16-19-14(17(2,3)4)11-15(18-5)20-16/h7-11H,6H2,1-5H3,(H,18,19,20). The molecule has 1 aromatic heterocycles. The van der Waals surface area contributed by atoms with E-state index in [1.165, 1.54) is 0 Å². The van der Waals surface area contributed by atoms with Crippen LogP contribution in [0, 0.1) is 0 Å². The molecule has 0 aliphatic rings. The summed E-state index contributed by atoms with van der Waals surface area (Å²) in [5.41, 5.74) is 1.99. The minimum atomic E-state index is -0.0193. The molecule has 0 spiro atoms. The highest BCUT2D eigenvalue weighted by atomic mass is 16.5. The smallest absolute Gasteiger partial charge is 0.161 e. The van der Waals surface area contributed by atoms with E-state index in [0.29, 0.717) is 6.61 Å². The van der Waals surface area contributed by atoms with Crippen LogP contribution in [0.5, 0.6) is 5.75 Å². The van der Waals surface area contributed by atoms with Crippen molar-refractivity contribution in [3.8, 4) is 17.1 Å². The average Bonchev–Trinajstić information content (AvgIpc) is 2.47. The summed E-state index contributed by atoms with van der Waals surface area (Å²) in [5, 5.41) is 3.11. The monoisotopic (exact) mass is 285 g/mol. The fraction of sp³-hybridized carbons (Fsp3) is 0.412. The van der Waals surface area contributed by atoms with Gasteiger partial charge in [0.2, 0.25) is 0 Å². The number of aromatic nitrogens is 2. The predicted molar refractivity (Wildman–Crippen MR) is 86.9 cm³/mol. The molecule has 2 aromatic rings. The number of nitrogens with zero attached hydrogens (tertiary/aromatic N) is 2. The Morgan fingerprint density at radius 2 is 1.76 bits per heavy atom. The van der Waals surface area contributed by atoms with Crippen molar-refractivity contribution in [2.45, 2.75) is 33.1 Å². The Morgan fingerprint density at radius 3 is 2.29 bits per heavy atom. The Hall–Kier alpha value is -2.10. The topological polar surface area (TPSA) is 47.0 Å². The third kappa shape index (κ3) is 3.72. The zero-order valence-electron chi connectivity index (χ0n) is 13.4. The average molecular weight is 285 g/mol. The Bertz CT molecular complexity index is 600. The largest absolute Gasteiger partial charge is 0.494 e. The summed E-state index contributed by atoms with van der Waals surface area (Å²) in [6.45, 7) is 9.09. The van der Waals surface area contributed by atoms with Gasteiger partial charge in [-0.3, -0.25) is 0 Å². The highest BCUT2D eigenvalue weighted by Crippen LogP contribution is 2.26. The molecule has 112 valence electrons. The zero-order chi connectivity index (χ0) is 15.5. The Labute approximate surface area is 126 Å². The molecule has 0 unspecified atom stereocenters. The number of nitrogens with one attached hydrogen (secondary N) is 1. The summed E-state index contributed by atoms with van der Waals surface area (Å²) in [5.74, 6) is 2.43. The molecule has 0 fully saturated rings. The fourth-order valence-corrected chi connectivity index (χ4v) is 1.96. The molecular weight excluding hydrogens is 262 g/mol. The first-order chi connectivity index (χ1) is 9.94. The molecule has 4 heteroatoms. The number of hydrogen-bond donors (Lipinski definition) is 1. The van der Waals surface area contributed by atoms with E-state index in [1.54, 1.807) is 0 Å². The van der Waals surface area contributed by atoms with E-state index in [2.05, 4.69) is 31.1 Å². The minimum Gasteiger partial charge on any atom is -0.494 e. The van der Waals surface area contributed by atoms with Crippen molar-refractivity contribution < 1.29 is 4.74 Å². The number of benzene rings is 1. The molecule has 0 saturated carbocycles. The van der Waals surface area contributed by atoms with Gasteiger partial charge >= 0.3 is 0 Å². The van der Waals surface area contributed by atoms with Crippen LogP contribution in [0.15, 0.2) is 30.3 Å². The van der Waals surface area contributed by atoms with Crippen molar-refractivity contribution in [3.05, 3.63) is 36.0 Å². The zero-order valence-corrected chi connectivity index (χ0v) is 13.4. The normalized spacial score (nSPS) is 11.3. The van der Waals surface area contributed by atoms with Gasteiger partial charge in [0, 0.05) is 24.1 Å². The maximum absolute atomic E-state index is 5.47. The third-order valence-corrected chi connectivity index (χ3v) is 3.17. The summed E-state index contributed by atoms with van der Waals surface area (Å²) < 4.78 is 5.47. The Balaban J connectivity index is 2.42. The van der Waals surface area contributed by atoms with Crippen LogP contribution in [-0.4, -0.2) is 23.6 Å². The van der Waals surface area contributed by atoms with Crippen LogP contribution >= 0.6 is 0 Å². The van der Waals surface area contributed by atoms with E-state index in [0.717, 1.165) is 28.6 Å². The van der Waals surface area contributed by atoms with Gasteiger partial charge in [0.15, 0.2) is 5.82 Å². The molecule has 1 heterocycles. The van der Waals surface area contributed by atoms with E-state index in [-0.39, 0.29) is 5.41 Å². The molecule has 21 heavy (non-hydrogen) atoms. The van der Waals surface area contributed by atoms with Crippen LogP contribution in [0.2, 0.25) is 0 Å². The molecule has 0 amide bonds. The van der Waals surface area contributed by atoms with Gasteiger partial charge in [-0.15, -0.1) is 0 Å². The maximum atomic E-state index is 5.47. The second-order valence-electron chi connectivity index (χ2n) is 5.92. The number of rotatable bonds is 4. The lowest BCUT2D eigenvalue weighted by atomic mass is 9.92. The lowest BCUT2D eigenvalue weighted by Gasteiger charge is -2.19. The highest BCUT2D eigenvalue weighted by Gasteiger charge is 2.18. The van der Waals surface area contributed by atoms with Crippen LogP contribution in [0.4, 0.5) is 5.82 Å². The van der Waals surface area contributed by atoms with Crippen LogP contribution < -0.4 is 10.1 Å². The SMILES string of the molecule is CCOc1ccc(-c2nc(NC)cc(C(C)(C)C)n2)cc1. The first kappa shape index (κ1) is 15.3. The molecular formula is C17H23N3O. The van der Waals surface area contributed by atoms with E-state index in [9.17, 15) is 0 Å². The molecule has 0 bridgehead atoms. The molecule has 0 saturated heterocycles. The lowest BCUT2D eigenvalue weighted by Crippen LogP contribution is -2.15. The number of hydrogen-bond acceptors (Lipinski definition) is 4. The molecule has 0 atom stereocenters. The van der Waals surface area contributed by atoms with Crippen molar-refractivity contribution in [1.82, 2.24) is 9.97 Å². The van der Waals surface area contributed by atoms with E-state index in [1.807, 2.05) is 44.3 Å². The van der Waals surface area contributed by atoms with Crippen LogP contribution in [0.1, 0.15) is 33.4 Å². The predicted octanol–water partition coefficient (Wildman–Crippen LogP) is 3.88. The molecule has 1 aromatic carbocycles. The molecule has 1 N–H and O–H groups in total. The summed E-state index contributed by atoms with van der Waals surface area (Å²) in [4.78, 5) is 9.25. The third-order valence-electron chi connectivity index (χ3n) is 3.17. The highest BCUT2D eigenvalue weighted by molar-refractivity contribution is 5.59. The van der Waals surface area contributed by atoms with Crippen molar-refractivity contribution in [1.29, 1.82) is 0 Å². The molecule has 4 nitrogen and oxygen atoms in total. The summed E-state index contributed by atoms with van der Waals surface area (Å²) >= 11 is 0. The Kier molecular flexibility index (Phi) is 4.46. The number of ether oxygens (including phenoxy) is 1. The summed E-state index contributed by atoms with van der Waals surface area (Å²) in [6.07, 6.45) is 0. The van der Waals surface area contributed by atoms with Gasteiger partial charge in [-0.2, -0.15) is 0 Å². The van der Waals surface area contributed by atoms with Gasteiger partial charge in [0.05, 0.1) is 12.3 Å². The molecule has 2 rings (SSSR count). The maximum Gasteiger partial charge on any atom is 0.161 e. The molecule has 0 radical (unpaired) electrons. The second-order valence-corrected chi connectivity index (χ2v) is 5.92. The van der Waals surface area contributed by atoms with E-state index < -0.39 is 0 Å².